The minimum absolute atomic E-state index is 0.110. The van der Waals surface area contributed by atoms with Gasteiger partial charge in [-0.25, -0.2) is 14.2 Å². The highest BCUT2D eigenvalue weighted by Crippen LogP contribution is 2.30. The first-order valence-corrected chi connectivity index (χ1v) is 7.79. The fourth-order valence-electron chi connectivity index (χ4n) is 2.81. The maximum Gasteiger partial charge on any atom is 0.348 e. The smallest absolute Gasteiger partial charge is 0.348 e. The van der Waals surface area contributed by atoms with Crippen LogP contribution in [0.15, 0.2) is 35.1 Å². The van der Waals surface area contributed by atoms with E-state index in [2.05, 4.69) is 4.98 Å². The van der Waals surface area contributed by atoms with Crippen molar-refractivity contribution >= 4 is 11.9 Å². The van der Waals surface area contributed by atoms with Crippen LogP contribution in [0.25, 0.3) is 0 Å². The third kappa shape index (κ3) is 3.33. The lowest BCUT2D eigenvalue weighted by Crippen LogP contribution is -2.54. The summed E-state index contributed by atoms with van der Waals surface area (Å²) in [5, 5.41) is 9.63. The topological polar surface area (TPSA) is 92.9 Å². The Morgan fingerprint density at radius 1 is 1.28 bits per heavy atom. The highest BCUT2D eigenvalue weighted by atomic mass is 19.1. The largest absolute Gasteiger partial charge is 0.478 e. The molecule has 1 N–H and O–H groups in total. The molecule has 2 heterocycles. The van der Waals surface area contributed by atoms with Crippen molar-refractivity contribution in [3.05, 3.63) is 47.9 Å². The molecule has 1 aromatic heterocycles. The van der Waals surface area contributed by atoms with Crippen molar-refractivity contribution in [3.8, 4) is 5.75 Å². The average Bonchev–Trinajstić information content (AvgIpc) is 3.03. The van der Waals surface area contributed by atoms with Crippen LogP contribution in [0, 0.1) is 12.7 Å². The van der Waals surface area contributed by atoms with Crippen LogP contribution in [0.1, 0.15) is 29.1 Å². The van der Waals surface area contributed by atoms with Gasteiger partial charge in [-0.15, -0.1) is 0 Å². The molecule has 1 aliphatic heterocycles. The van der Waals surface area contributed by atoms with Gasteiger partial charge in [0.15, 0.2) is 6.39 Å². The summed E-state index contributed by atoms with van der Waals surface area (Å²) < 4.78 is 23.8. The predicted octanol–water partition coefficient (Wildman–Crippen LogP) is 2.26. The van der Waals surface area contributed by atoms with Crippen LogP contribution in [0.5, 0.6) is 5.75 Å². The van der Waals surface area contributed by atoms with Gasteiger partial charge in [0.25, 0.3) is 5.91 Å². The summed E-state index contributed by atoms with van der Waals surface area (Å²) in [5.74, 6) is -1.44. The number of aliphatic carboxylic acids is 1. The first kappa shape index (κ1) is 16.9. The van der Waals surface area contributed by atoms with E-state index in [0.29, 0.717) is 5.69 Å². The van der Waals surface area contributed by atoms with Crippen LogP contribution in [-0.2, 0) is 4.79 Å². The van der Waals surface area contributed by atoms with Crippen LogP contribution >= 0.6 is 0 Å². The number of halogens is 1. The molecule has 1 fully saturated rings. The van der Waals surface area contributed by atoms with Gasteiger partial charge in [0.05, 0.1) is 5.69 Å². The molecule has 1 aromatic carbocycles. The fraction of sp³-hybridized carbons (Fsp3) is 0.353. The van der Waals surface area contributed by atoms with Crippen molar-refractivity contribution in [3.63, 3.8) is 0 Å². The number of piperidine rings is 1. The Hall–Kier alpha value is -2.90. The summed E-state index contributed by atoms with van der Waals surface area (Å²) in [6.07, 6.45) is 1.42. The van der Waals surface area contributed by atoms with E-state index >= 15 is 0 Å². The second-order valence-electron chi connectivity index (χ2n) is 5.91. The number of carbonyl (C=O) groups excluding carboxylic acids is 1. The quantitative estimate of drug-likeness (QED) is 0.911. The van der Waals surface area contributed by atoms with Gasteiger partial charge in [0.2, 0.25) is 11.4 Å². The molecule has 132 valence electrons. The molecular weight excluding hydrogens is 331 g/mol. The minimum Gasteiger partial charge on any atom is -0.478 e. The third-order valence-electron chi connectivity index (χ3n) is 4.31. The Bertz CT molecular complexity index is 779. The lowest BCUT2D eigenvalue weighted by molar-refractivity contribution is -0.159. The molecule has 0 spiro atoms. The minimum atomic E-state index is -1.45. The molecule has 1 aliphatic rings. The Morgan fingerprint density at radius 2 is 1.92 bits per heavy atom. The molecule has 1 amide bonds. The van der Waals surface area contributed by atoms with E-state index < -0.39 is 17.4 Å². The highest BCUT2D eigenvalue weighted by Gasteiger charge is 2.45. The molecule has 0 saturated carbocycles. The Kier molecular flexibility index (Phi) is 4.43. The van der Waals surface area contributed by atoms with Gasteiger partial charge in [-0.1, -0.05) is 0 Å². The van der Waals surface area contributed by atoms with E-state index in [9.17, 15) is 19.1 Å². The van der Waals surface area contributed by atoms with Crippen LogP contribution in [0.2, 0.25) is 0 Å². The average molecular weight is 348 g/mol. The van der Waals surface area contributed by atoms with Crippen LogP contribution in [0.3, 0.4) is 0 Å². The lowest BCUT2D eigenvalue weighted by Gasteiger charge is -2.38. The number of aromatic nitrogens is 1. The van der Waals surface area contributed by atoms with Gasteiger partial charge in [0, 0.05) is 25.9 Å². The zero-order chi connectivity index (χ0) is 18.0. The molecule has 7 nitrogen and oxygen atoms in total. The van der Waals surface area contributed by atoms with Crippen molar-refractivity contribution in [2.75, 3.05) is 13.1 Å². The number of nitrogens with zero attached hydrogens (tertiary/aromatic N) is 2. The number of benzene rings is 1. The van der Waals surface area contributed by atoms with E-state index in [0.717, 1.165) is 0 Å². The Balaban J connectivity index is 1.72. The number of amides is 1. The number of hydrogen-bond acceptors (Lipinski definition) is 5. The Labute approximate surface area is 143 Å². The van der Waals surface area contributed by atoms with Gasteiger partial charge < -0.3 is 19.2 Å². The number of oxazole rings is 1. The maximum absolute atomic E-state index is 13.0. The SMILES string of the molecule is Cc1ncoc1C(=O)N1CCC(Oc2ccc(F)cc2)(C(=O)O)CC1. The molecule has 2 aromatic rings. The summed E-state index contributed by atoms with van der Waals surface area (Å²) in [7, 11) is 0. The summed E-state index contributed by atoms with van der Waals surface area (Å²) in [6, 6.07) is 5.18. The number of rotatable bonds is 4. The van der Waals surface area contributed by atoms with E-state index in [1.165, 1.54) is 35.6 Å². The van der Waals surface area contributed by atoms with Gasteiger partial charge in [-0.2, -0.15) is 0 Å². The predicted molar refractivity (Wildman–Crippen MR) is 83.8 cm³/mol. The van der Waals surface area contributed by atoms with Gasteiger partial charge in [-0.3, -0.25) is 4.79 Å². The monoisotopic (exact) mass is 348 g/mol. The zero-order valence-electron chi connectivity index (χ0n) is 13.6. The van der Waals surface area contributed by atoms with Gasteiger partial charge >= 0.3 is 5.97 Å². The lowest BCUT2D eigenvalue weighted by atomic mass is 9.91. The molecular formula is C17H17FN2O5. The summed E-state index contributed by atoms with van der Waals surface area (Å²) in [4.78, 5) is 29.6. The van der Waals surface area contributed by atoms with Crippen LogP contribution < -0.4 is 4.74 Å². The maximum atomic E-state index is 13.0. The number of carboxylic acid groups (broad SMARTS) is 1. The van der Waals surface area contributed by atoms with E-state index in [1.807, 2.05) is 0 Å². The second kappa shape index (κ2) is 6.54. The van der Waals surface area contributed by atoms with E-state index in [4.69, 9.17) is 9.15 Å². The number of aryl methyl sites for hydroxylation is 1. The zero-order valence-corrected chi connectivity index (χ0v) is 13.6. The van der Waals surface area contributed by atoms with E-state index in [1.54, 1.807) is 6.92 Å². The van der Waals surface area contributed by atoms with Gasteiger partial charge in [0.1, 0.15) is 11.6 Å². The molecule has 0 atom stereocenters. The first-order chi connectivity index (χ1) is 11.9. The number of ether oxygens (including phenoxy) is 1. The summed E-state index contributed by atoms with van der Waals surface area (Å²) >= 11 is 0. The van der Waals surface area contributed by atoms with Crippen LogP contribution in [0.4, 0.5) is 4.39 Å². The number of carboxylic acids is 1. The molecule has 0 aliphatic carbocycles. The normalized spacial score (nSPS) is 16.5. The van der Waals surface area contributed by atoms with Gasteiger partial charge in [-0.05, 0) is 31.2 Å². The number of carbonyl (C=O) groups is 2. The second-order valence-corrected chi connectivity index (χ2v) is 5.91. The number of likely N-dealkylation sites (tertiary alicyclic amines) is 1. The first-order valence-electron chi connectivity index (χ1n) is 7.79. The summed E-state index contributed by atoms with van der Waals surface area (Å²) in [5.41, 5.74) is -0.965. The van der Waals surface area contributed by atoms with E-state index in [-0.39, 0.29) is 43.3 Å². The highest BCUT2D eigenvalue weighted by molar-refractivity contribution is 5.92. The van der Waals surface area contributed by atoms with Crippen LogP contribution in [-0.4, -0.2) is 45.6 Å². The fourth-order valence-corrected chi connectivity index (χ4v) is 2.81. The standard InChI is InChI=1S/C17H17FN2O5/c1-11-14(24-10-19-11)15(21)20-8-6-17(7-9-20,16(22)23)25-13-4-2-12(18)3-5-13/h2-5,10H,6-9H2,1H3,(H,22,23). The summed E-state index contributed by atoms with van der Waals surface area (Å²) in [6.45, 7) is 2.07. The van der Waals surface area contributed by atoms with Crippen molar-refractivity contribution in [1.29, 1.82) is 0 Å². The van der Waals surface area contributed by atoms with Crippen molar-refractivity contribution in [1.82, 2.24) is 9.88 Å². The molecule has 0 unspecified atom stereocenters. The number of hydrogen-bond donors (Lipinski definition) is 1. The molecule has 3 rings (SSSR count). The molecule has 0 bridgehead atoms. The molecule has 0 radical (unpaired) electrons. The Morgan fingerprint density at radius 3 is 2.44 bits per heavy atom. The van der Waals surface area contributed by atoms with Crippen molar-refractivity contribution in [2.24, 2.45) is 0 Å². The third-order valence-corrected chi connectivity index (χ3v) is 4.31. The van der Waals surface area contributed by atoms with Crippen molar-refractivity contribution in [2.45, 2.75) is 25.4 Å². The van der Waals surface area contributed by atoms with Crippen molar-refractivity contribution < 1.29 is 28.2 Å². The molecule has 1 saturated heterocycles. The molecule has 8 heteroatoms. The molecule has 25 heavy (non-hydrogen) atoms.